The van der Waals surface area contributed by atoms with Gasteiger partial charge in [0.25, 0.3) is 0 Å². The highest BCUT2D eigenvalue weighted by molar-refractivity contribution is 7.88. The molecule has 0 saturated heterocycles. The molecule has 0 aliphatic rings. The SMILES string of the molecule is Cc1c[n]([AlH])c(-n2cccn2)c1C.O=C([O][AlH])c1cc2ccccc2cn1.O=C(c1ccccc1)[N]([AlH])Cc1ccccn1.O=S([N]([AlH])c1ccccc1[PH+](c1ccccc1)c1ccccc1)C(F)(F)F.[AlH][n]1nc(-c2ccccc2)cc1-c1cccc[pH+]1. The molecule has 12 rings (SSSR count). The van der Waals surface area contributed by atoms with E-state index in [4.69, 9.17) is 0 Å². The number of alkyl halides is 3. The Morgan fingerprint density at radius 1 is 0.685 bits per heavy atom. The van der Waals surface area contributed by atoms with Gasteiger partial charge in [0, 0.05) is 47.8 Å². The normalized spacial score (nSPS) is 11.1. The smallest absolute Gasteiger partial charge is 0.497 e. The van der Waals surface area contributed by atoms with Crippen LogP contribution in [0.4, 0.5) is 18.9 Å². The molecule has 6 heterocycles. The van der Waals surface area contributed by atoms with Crippen LogP contribution in [0, 0.1) is 13.8 Å². The zero-order chi connectivity index (χ0) is 63.3. The molecule has 0 bridgehead atoms. The van der Waals surface area contributed by atoms with Gasteiger partial charge in [0.05, 0.1) is 22.8 Å². The van der Waals surface area contributed by atoms with Gasteiger partial charge in [-0.2, -0.15) is 23.4 Å². The molecule has 12 aromatic rings. The van der Waals surface area contributed by atoms with Crippen LogP contribution in [-0.2, 0) is 21.3 Å². The molecule has 0 spiro atoms. The molecule has 0 aliphatic carbocycles. The zero-order valence-electron chi connectivity index (χ0n) is 48.8. The topological polar surface area (TPSA) is 133 Å². The molecule has 5 radical (unpaired) electrons. The van der Waals surface area contributed by atoms with Gasteiger partial charge in [-0.25, -0.2) is 18.7 Å². The highest BCUT2D eigenvalue weighted by Crippen LogP contribution is 2.38. The van der Waals surface area contributed by atoms with E-state index in [1.807, 2.05) is 201 Å². The fourth-order valence-corrected chi connectivity index (χ4v) is 16.0. The lowest BCUT2D eigenvalue weighted by molar-refractivity contribution is -0.0383. The van der Waals surface area contributed by atoms with Gasteiger partial charge in [-0.05, 0) is 128 Å². The highest BCUT2D eigenvalue weighted by atomic mass is 32.2. The number of para-hydroxylation sites is 1. The number of aryl methyl sites for hydroxylation is 1. The quantitative estimate of drug-likeness (QED) is 0.0873. The summed E-state index contributed by atoms with van der Waals surface area (Å²) in [5.41, 5.74) is 3.51. The first kappa shape index (κ1) is 67.9. The number of benzene rings is 6. The van der Waals surface area contributed by atoms with Crippen LogP contribution in [0.15, 0.2) is 261 Å². The van der Waals surface area contributed by atoms with E-state index >= 15 is 0 Å². The van der Waals surface area contributed by atoms with E-state index < -0.39 is 30.4 Å². The summed E-state index contributed by atoms with van der Waals surface area (Å²) in [6, 6.07) is 71.6. The van der Waals surface area contributed by atoms with Gasteiger partial charge in [-0.1, -0.05) is 133 Å². The lowest BCUT2D eigenvalue weighted by atomic mass is 10.1. The van der Waals surface area contributed by atoms with Crippen LogP contribution < -0.4 is 19.2 Å². The Morgan fingerprint density at radius 2 is 1.28 bits per heavy atom. The number of hydrogen-bond acceptors (Lipinski definition) is 8. The maximum Gasteiger partial charge on any atom is 0.497 e. The number of carbonyl (C=O) groups excluding carboxylic acids is 2. The van der Waals surface area contributed by atoms with Crippen molar-refractivity contribution in [2.24, 2.45) is 0 Å². The van der Waals surface area contributed by atoms with Gasteiger partial charge in [0.1, 0.15) is 49.3 Å². The van der Waals surface area contributed by atoms with Crippen molar-refractivity contribution in [3.63, 3.8) is 0 Å². The first-order valence-corrected chi connectivity index (χ1v) is 34.3. The fraction of sp³-hybridized carbons (Fsp3) is 0.0615. The number of fused-ring (bicyclic) bond motifs is 1. The molecule has 89 heavy (non-hydrogen) atoms. The number of pyridine rings is 2. The molecular formula is C65H58Al5F3N9O4P2S+2. The van der Waals surface area contributed by atoms with E-state index in [0.717, 1.165) is 88.5 Å². The van der Waals surface area contributed by atoms with Gasteiger partial charge in [0.15, 0.2) is 5.30 Å². The predicted octanol–water partition coefficient (Wildman–Crippen LogP) is 9.88. The van der Waals surface area contributed by atoms with Crippen molar-refractivity contribution >= 4 is 154 Å². The molecule has 0 saturated carbocycles. The van der Waals surface area contributed by atoms with E-state index in [1.165, 1.54) is 27.7 Å². The number of halogens is 3. The minimum atomic E-state index is -4.80. The summed E-state index contributed by atoms with van der Waals surface area (Å²) in [7, 11) is -3.95. The molecule has 6 aromatic heterocycles. The molecule has 2 unspecified atom stereocenters. The number of amides is 1. The second-order valence-corrected chi connectivity index (χ2v) is 27.9. The van der Waals surface area contributed by atoms with E-state index in [9.17, 15) is 27.0 Å². The largest absolute Gasteiger partial charge is 0.620 e. The van der Waals surface area contributed by atoms with E-state index in [0.29, 0.717) is 23.5 Å². The standard InChI is InChI=1S/C19H14F3NOPS.C14H10N2P.C13H12N2O.C10H7NO2.C9H10N3.5Al.5H/c20-19(21,22)26(24)23-17-13-7-8-14-18(17)25(15-9-3-1-4-10-15)16-11-5-2-6-12-16;1-2-6-11(7-3-1)12-10-13(16-15-12)14-8-4-5-9-17-14;16-13(11-6-2-1-3-7-11)15-10-12-8-4-5-9-14-12;12-10(13)9-5-7-3-1-2-4-8(7)6-11-9;1-7-6-10-9(8(7)2)12-5-3-4-11-12;;;;;;;;;;/h1-14H;1-10H;1-9H,10H2,(H,15,16);1-6H,(H,12,13);3-6H,1-2H3;;;;;;;;;;/q2*-1;;;-1;5*+1;;;;;. The number of anilines is 1. The maximum atomic E-state index is 13.0. The van der Waals surface area contributed by atoms with Gasteiger partial charge in [-0.15, -0.1) is 0 Å². The first-order valence-electron chi connectivity index (χ1n) is 27.5. The molecule has 6 aromatic carbocycles. The van der Waals surface area contributed by atoms with Crippen molar-refractivity contribution in [2.45, 2.75) is 25.9 Å². The molecular weight excluding hydrogens is 1260 g/mol. The first-order chi connectivity index (χ1) is 43.0. The third-order valence-corrected chi connectivity index (χ3v) is 21.1. The lowest BCUT2D eigenvalue weighted by Crippen LogP contribution is -2.36. The summed E-state index contributed by atoms with van der Waals surface area (Å²) < 4.78 is 64.2. The predicted molar refractivity (Wildman–Crippen MR) is 366 cm³/mol. The molecule has 0 fully saturated rings. The summed E-state index contributed by atoms with van der Waals surface area (Å²) in [6.07, 6.45) is 9.30. The van der Waals surface area contributed by atoms with Crippen molar-refractivity contribution in [1.82, 2.24) is 35.9 Å². The lowest BCUT2D eigenvalue weighted by Gasteiger charge is -2.24. The molecule has 2 atom stereocenters. The van der Waals surface area contributed by atoms with E-state index in [2.05, 4.69) is 89.7 Å². The van der Waals surface area contributed by atoms with Crippen molar-refractivity contribution < 1.29 is 30.8 Å². The Kier molecular flexibility index (Phi) is 25.7. The second kappa shape index (κ2) is 33.7. The average molecular weight is 1320 g/mol. The Bertz CT molecular complexity index is 4170. The van der Waals surface area contributed by atoms with Crippen LogP contribution >= 0.6 is 16.1 Å². The summed E-state index contributed by atoms with van der Waals surface area (Å²) in [6.45, 7) is 4.77. The Balaban J connectivity index is 0.000000148. The highest BCUT2D eigenvalue weighted by Gasteiger charge is 2.41. The minimum absolute atomic E-state index is 0.0228. The van der Waals surface area contributed by atoms with E-state index in [-0.39, 0.29) is 5.91 Å². The number of hydrogen-bond donors (Lipinski definition) is 0. The van der Waals surface area contributed by atoms with Crippen LogP contribution in [-0.4, -0.2) is 140 Å². The number of carbonyl (C=O) groups is 2. The van der Waals surface area contributed by atoms with Crippen LogP contribution in [0.5, 0.6) is 0 Å². The van der Waals surface area contributed by atoms with Crippen LogP contribution in [0.2, 0.25) is 0 Å². The number of rotatable bonds is 12. The Hall–Kier alpha value is -7.00. The Morgan fingerprint density at radius 3 is 1.85 bits per heavy atom. The van der Waals surface area contributed by atoms with Crippen LogP contribution in [0.25, 0.3) is 38.8 Å². The monoisotopic (exact) mass is 1310 g/mol. The Labute approximate surface area is 562 Å². The fourth-order valence-electron chi connectivity index (χ4n) is 9.01. The molecule has 24 heteroatoms. The minimum Gasteiger partial charge on any atom is -0.620 e. The van der Waals surface area contributed by atoms with E-state index in [1.54, 1.807) is 73.7 Å². The van der Waals surface area contributed by atoms with Gasteiger partial charge in [0.2, 0.25) is 16.9 Å². The van der Waals surface area contributed by atoms with Crippen molar-refractivity contribution in [1.29, 1.82) is 0 Å². The second-order valence-electron chi connectivity index (χ2n) is 19.5. The zero-order valence-corrected chi connectivity index (χ0v) is 58.7. The van der Waals surface area contributed by atoms with Gasteiger partial charge in [-0.3, -0.25) is 9.78 Å². The third kappa shape index (κ3) is 19.0. The van der Waals surface area contributed by atoms with Crippen molar-refractivity contribution in [2.75, 3.05) is 3.29 Å². The average Bonchev–Trinajstić information content (AvgIpc) is 2.48. The summed E-state index contributed by atoms with van der Waals surface area (Å²) in [5, 5.41) is 15.1. The third-order valence-electron chi connectivity index (χ3n) is 13.4. The summed E-state index contributed by atoms with van der Waals surface area (Å²) >= 11 is 7.31. The van der Waals surface area contributed by atoms with Crippen LogP contribution in [0.3, 0.4) is 0 Å². The van der Waals surface area contributed by atoms with Gasteiger partial charge >= 0.3 is 94.1 Å². The van der Waals surface area contributed by atoms with Crippen molar-refractivity contribution in [3.8, 4) is 28.1 Å². The maximum absolute atomic E-state index is 13.0. The van der Waals surface area contributed by atoms with Gasteiger partial charge < -0.3 is 18.2 Å². The van der Waals surface area contributed by atoms with Crippen molar-refractivity contribution in [3.05, 3.63) is 289 Å². The number of nitrogens with zero attached hydrogens (tertiary/aromatic N) is 9. The molecule has 0 aliphatic heterocycles. The summed E-state index contributed by atoms with van der Waals surface area (Å²) in [4.78, 5) is 31.4. The molecule has 0 N–H and O–H groups in total. The van der Waals surface area contributed by atoms with Crippen LogP contribution in [0.1, 0.15) is 37.7 Å². The summed E-state index contributed by atoms with van der Waals surface area (Å²) in [5.74, 6) is 2.98. The molecule has 1 amide bonds. The molecule has 437 valence electrons. The molecule has 13 nitrogen and oxygen atoms in total. The number of aromatic nitrogens is 7.